The lowest BCUT2D eigenvalue weighted by Gasteiger charge is -2.29. The number of hydrogen-bond acceptors (Lipinski definition) is 3. The fourth-order valence-corrected chi connectivity index (χ4v) is 2.09. The maximum absolute atomic E-state index is 5.95. The molecule has 0 radical (unpaired) electrons. The van der Waals surface area contributed by atoms with Gasteiger partial charge in [0.1, 0.15) is 0 Å². The Kier molecular flexibility index (Phi) is 3.21. The van der Waals surface area contributed by atoms with Gasteiger partial charge in [-0.15, -0.1) is 0 Å². The van der Waals surface area contributed by atoms with Crippen LogP contribution >= 0.6 is 0 Å². The zero-order chi connectivity index (χ0) is 11.9. The van der Waals surface area contributed by atoms with Crippen molar-refractivity contribution in [1.82, 2.24) is 0 Å². The third-order valence-corrected chi connectivity index (χ3v) is 2.65. The van der Waals surface area contributed by atoms with Gasteiger partial charge in [0.05, 0.1) is 23.9 Å². The molecule has 0 aromatic rings. The molecule has 0 aromatic heterocycles. The first-order valence-electron chi connectivity index (χ1n) is 5.63. The van der Waals surface area contributed by atoms with Gasteiger partial charge in [-0.1, -0.05) is 0 Å². The molecule has 3 heteroatoms. The van der Waals surface area contributed by atoms with Gasteiger partial charge in [-0.05, 0) is 41.5 Å². The molecule has 0 saturated carbocycles. The summed E-state index contributed by atoms with van der Waals surface area (Å²) in [6.45, 7) is 12.9. The Balaban J connectivity index is 2.56. The van der Waals surface area contributed by atoms with E-state index >= 15 is 0 Å². The van der Waals surface area contributed by atoms with E-state index in [1.54, 1.807) is 0 Å². The second-order valence-corrected chi connectivity index (χ2v) is 6.46. The van der Waals surface area contributed by atoms with Crippen molar-refractivity contribution in [2.24, 2.45) is 5.73 Å². The van der Waals surface area contributed by atoms with Gasteiger partial charge in [0.15, 0.2) is 0 Å². The van der Waals surface area contributed by atoms with Crippen LogP contribution in [0, 0.1) is 0 Å². The molecule has 90 valence electrons. The molecule has 0 aliphatic carbocycles. The lowest BCUT2D eigenvalue weighted by atomic mass is 9.97. The molecule has 1 aliphatic heterocycles. The largest absolute Gasteiger partial charge is 0.373 e. The molecular formula is C12H25NO2. The van der Waals surface area contributed by atoms with Crippen LogP contribution in [0.5, 0.6) is 0 Å². The van der Waals surface area contributed by atoms with E-state index in [0.717, 1.165) is 6.42 Å². The Morgan fingerprint density at radius 1 is 1.33 bits per heavy atom. The first-order valence-corrected chi connectivity index (χ1v) is 5.63. The van der Waals surface area contributed by atoms with Crippen molar-refractivity contribution in [2.75, 3.05) is 6.61 Å². The molecule has 1 unspecified atom stereocenters. The van der Waals surface area contributed by atoms with E-state index in [4.69, 9.17) is 15.2 Å². The van der Waals surface area contributed by atoms with E-state index in [0.29, 0.717) is 6.61 Å². The van der Waals surface area contributed by atoms with Crippen molar-refractivity contribution >= 4 is 0 Å². The van der Waals surface area contributed by atoms with E-state index in [9.17, 15) is 0 Å². The van der Waals surface area contributed by atoms with Crippen molar-refractivity contribution in [3.8, 4) is 0 Å². The molecular weight excluding hydrogens is 190 g/mol. The number of hydrogen-bond donors (Lipinski definition) is 1. The van der Waals surface area contributed by atoms with Crippen LogP contribution in [0.25, 0.3) is 0 Å². The molecule has 15 heavy (non-hydrogen) atoms. The quantitative estimate of drug-likeness (QED) is 0.784. The Labute approximate surface area is 93.3 Å². The van der Waals surface area contributed by atoms with Gasteiger partial charge in [-0.25, -0.2) is 0 Å². The third-order valence-electron chi connectivity index (χ3n) is 2.65. The van der Waals surface area contributed by atoms with Crippen molar-refractivity contribution in [3.05, 3.63) is 0 Å². The van der Waals surface area contributed by atoms with Gasteiger partial charge >= 0.3 is 0 Å². The molecule has 0 amide bonds. The summed E-state index contributed by atoms with van der Waals surface area (Å²) >= 11 is 0. The van der Waals surface area contributed by atoms with Crippen LogP contribution < -0.4 is 5.73 Å². The molecule has 2 N–H and O–H groups in total. The van der Waals surface area contributed by atoms with Crippen LogP contribution in [-0.2, 0) is 9.47 Å². The van der Waals surface area contributed by atoms with Crippen LogP contribution in [0.2, 0.25) is 0 Å². The molecule has 0 bridgehead atoms. The molecule has 0 aromatic carbocycles. The summed E-state index contributed by atoms with van der Waals surface area (Å²) in [5.41, 5.74) is 5.33. The Morgan fingerprint density at radius 3 is 2.20 bits per heavy atom. The van der Waals surface area contributed by atoms with E-state index in [2.05, 4.69) is 27.7 Å². The molecule has 1 aliphatic rings. The lowest BCUT2D eigenvalue weighted by molar-refractivity contribution is -0.107. The average molecular weight is 215 g/mol. The lowest BCUT2D eigenvalue weighted by Crippen LogP contribution is -2.42. The van der Waals surface area contributed by atoms with Crippen LogP contribution in [-0.4, -0.2) is 29.5 Å². The van der Waals surface area contributed by atoms with Crippen LogP contribution in [0.1, 0.15) is 48.0 Å². The van der Waals surface area contributed by atoms with Crippen LogP contribution in [0.15, 0.2) is 0 Å². The van der Waals surface area contributed by atoms with Crippen LogP contribution in [0.3, 0.4) is 0 Å². The minimum absolute atomic E-state index is 0.0904. The number of rotatable bonds is 3. The summed E-state index contributed by atoms with van der Waals surface area (Å²) in [4.78, 5) is 0. The summed E-state index contributed by atoms with van der Waals surface area (Å²) < 4.78 is 11.8. The van der Waals surface area contributed by atoms with Gasteiger partial charge in [-0.2, -0.15) is 0 Å². The van der Waals surface area contributed by atoms with Gasteiger partial charge in [-0.3, -0.25) is 0 Å². The van der Waals surface area contributed by atoms with Crippen molar-refractivity contribution in [3.63, 3.8) is 0 Å². The second-order valence-electron chi connectivity index (χ2n) is 6.46. The first kappa shape index (κ1) is 12.9. The highest BCUT2D eigenvalue weighted by Gasteiger charge is 2.46. The van der Waals surface area contributed by atoms with Crippen molar-refractivity contribution in [2.45, 2.75) is 70.8 Å². The second kappa shape index (κ2) is 3.72. The molecule has 1 rings (SSSR count). The minimum atomic E-state index is -0.275. The molecule has 1 saturated heterocycles. The van der Waals surface area contributed by atoms with Crippen molar-refractivity contribution in [1.29, 1.82) is 0 Å². The summed E-state index contributed by atoms with van der Waals surface area (Å²) in [7, 11) is 0. The smallest absolute Gasteiger partial charge is 0.0895 e. The maximum atomic E-state index is 5.95. The predicted molar refractivity (Wildman–Crippen MR) is 61.9 cm³/mol. The number of ether oxygens (including phenoxy) is 2. The van der Waals surface area contributed by atoms with Crippen molar-refractivity contribution < 1.29 is 9.47 Å². The Morgan fingerprint density at radius 2 is 1.87 bits per heavy atom. The van der Waals surface area contributed by atoms with Gasteiger partial charge < -0.3 is 15.2 Å². The van der Waals surface area contributed by atoms with Crippen LogP contribution in [0.4, 0.5) is 0 Å². The fraction of sp³-hybridized carbons (Fsp3) is 1.00. The molecule has 1 heterocycles. The molecule has 3 nitrogen and oxygen atoms in total. The highest BCUT2D eigenvalue weighted by molar-refractivity contribution is 4.95. The van der Waals surface area contributed by atoms with Gasteiger partial charge in [0, 0.05) is 12.0 Å². The van der Waals surface area contributed by atoms with E-state index in [-0.39, 0.29) is 22.8 Å². The Bertz CT molecular complexity index is 228. The minimum Gasteiger partial charge on any atom is -0.373 e. The average Bonchev–Trinajstić information content (AvgIpc) is 2.13. The Hall–Kier alpha value is -0.120. The fourth-order valence-electron chi connectivity index (χ4n) is 2.09. The van der Waals surface area contributed by atoms with E-state index < -0.39 is 0 Å². The topological polar surface area (TPSA) is 44.5 Å². The van der Waals surface area contributed by atoms with Gasteiger partial charge in [0.25, 0.3) is 0 Å². The van der Waals surface area contributed by atoms with Gasteiger partial charge in [0.2, 0.25) is 0 Å². The SMILES string of the molecule is CC(C)(N)COC1CC(C)(C)OC1(C)C. The maximum Gasteiger partial charge on any atom is 0.0895 e. The third kappa shape index (κ3) is 3.74. The van der Waals surface area contributed by atoms with E-state index in [1.807, 2.05) is 13.8 Å². The molecule has 0 spiro atoms. The normalized spacial score (nSPS) is 29.4. The first-order chi connectivity index (χ1) is 6.52. The standard InChI is InChI=1S/C12H25NO2/c1-10(2,13)8-14-9-7-11(3,4)15-12(9,5)6/h9H,7-8,13H2,1-6H3. The summed E-state index contributed by atoms with van der Waals surface area (Å²) in [6.07, 6.45) is 1.06. The predicted octanol–water partition coefficient (Wildman–Crippen LogP) is 2.09. The highest BCUT2D eigenvalue weighted by atomic mass is 16.6. The summed E-state index contributed by atoms with van der Waals surface area (Å²) in [6, 6.07) is 0. The zero-order valence-electron chi connectivity index (χ0n) is 10.9. The monoisotopic (exact) mass is 215 g/mol. The van der Waals surface area contributed by atoms with E-state index in [1.165, 1.54) is 0 Å². The zero-order valence-corrected chi connectivity index (χ0v) is 10.9. The molecule has 1 atom stereocenters. The molecule has 1 fully saturated rings. The number of nitrogens with two attached hydrogens (primary N) is 1. The highest BCUT2D eigenvalue weighted by Crippen LogP contribution is 2.39. The summed E-state index contributed by atoms with van der Waals surface area (Å²) in [5, 5.41) is 0. The summed E-state index contributed by atoms with van der Waals surface area (Å²) in [5.74, 6) is 0.